The fourth-order valence-corrected chi connectivity index (χ4v) is 2.67. The summed E-state index contributed by atoms with van der Waals surface area (Å²) >= 11 is 0. The Hall–Kier alpha value is -1.75. The summed E-state index contributed by atoms with van der Waals surface area (Å²) < 4.78 is 16.6. The molecule has 2 atom stereocenters. The molecule has 0 bridgehead atoms. The van der Waals surface area contributed by atoms with Crippen LogP contribution in [0.4, 0.5) is 0 Å². The number of hydrogen-bond donors (Lipinski definition) is 1. The van der Waals surface area contributed by atoms with E-state index in [0.717, 1.165) is 30.1 Å². The second-order valence-electron chi connectivity index (χ2n) is 5.22. The fraction of sp³-hybridized carbons (Fsp3) is 0.533. The number of nitrogens with one attached hydrogen (secondary N) is 1. The normalized spacial score (nSPS) is 25.6. The van der Waals surface area contributed by atoms with Gasteiger partial charge in [-0.05, 0) is 17.7 Å². The minimum atomic E-state index is 0.0856. The van der Waals surface area contributed by atoms with Crippen molar-refractivity contribution in [2.75, 3.05) is 26.9 Å². The zero-order valence-corrected chi connectivity index (χ0v) is 11.6. The first-order valence-electron chi connectivity index (χ1n) is 6.95. The van der Waals surface area contributed by atoms with Crippen LogP contribution < -0.4 is 14.8 Å². The standard InChI is InChI=1S/C15H19NO4/c1-18-13-3-2-10(11-7-15(17)16-8-11)6-14(13)20-12-4-5-19-9-12/h2-3,6,11-12H,4-5,7-9H2,1H3,(H,16,17)/t11?,12-/m1/s1. The Kier molecular flexibility index (Phi) is 3.78. The first-order valence-corrected chi connectivity index (χ1v) is 6.95. The average molecular weight is 277 g/mol. The minimum Gasteiger partial charge on any atom is -0.493 e. The molecule has 20 heavy (non-hydrogen) atoms. The van der Waals surface area contributed by atoms with Crippen LogP contribution in [0.2, 0.25) is 0 Å². The van der Waals surface area contributed by atoms with Gasteiger partial charge in [0, 0.05) is 25.3 Å². The smallest absolute Gasteiger partial charge is 0.220 e. The number of carbonyl (C=O) groups is 1. The summed E-state index contributed by atoms with van der Waals surface area (Å²) in [7, 11) is 1.63. The van der Waals surface area contributed by atoms with Crippen molar-refractivity contribution in [1.82, 2.24) is 5.32 Å². The summed E-state index contributed by atoms with van der Waals surface area (Å²) in [5.41, 5.74) is 1.11. The quantitative estimate of drug-likeness (QED) is 0.905. The lowest BCUT2D eigenvalue weighted by Gasteiger charge is -2.17. The molecule has 2 fully saturated rings. The van der Waals surface area contributed by atoms with E-state index in [2.05, 4.69) is 5.32 Å². The second-order valence-corrected chi connectivity index (χ2v) is 5.22. The van der Waals surface area contributed by atoms with E-state index in [1.54, 1.807) is 7.11 Å². The topological polar surface area (TPSA) is 56.8 Å². The van der Waals surface area contributed by atoms with Gasteiger partial charge in [0.1, 0.15) is 6.10 Å². The molecule has 3 rings (SSSR count). The molecule has 1 unspecified atom stereocenters. The van der Waals surface area contributed by atoms with E-state index < -0.39 is 0 Å². The van der Waals surface area contributed by atoms with Gasteiger partial charge in [-0.25, -0.2) is 0 Å². The van der Waals surface area contributed by atoms with Crippen LogP contribution in [0.3, 0.4) is 0 Å². The number of carbonyl (C=O) groups excluding carboxylic acids is 1. The van der Waals surface area contributed by atoms with Crippen molar-refractivity contribution >= 4 is 5.91 Å². The van der Waals surface area contributed by atoms with Crippen LogP contribution in [0.1, 0.15) is 24.3 Å². The van der Waals surface area contributed by atoms with Crippen LogP contribution in [-0.4, -0.2) is 38.9 Å². The summed E-state index contributed by atoms with van der Waals surface area (Å²) in [5.74, 6) is 1.78. The lowest BCUT2D eigenvalue weighted by molar-refractivity contribution is -0.119. The predicted octanol–water partition coefficient (Wildman–Crippen LogP) is 1.47. The van der Waals surface area contributed by atoms with E-state index in [9.17, 15) is 4.79 Å². The highest BCUT2D eigenvalue weighted by molar-refractivity contribution is 5.79. The van der Waals surface area contributed by atoms with Crippen LogP contribution in [0.25, 0.3) is 0 Å². The highest BCUT2D eigenvalue weighted by Crippen LogP contribution is 2.34. The number of ether oxygens (including phenoxy) is 3. The van der Waals surface area contributed by atoms with Gasteiger partial charge in [0.05, 0.1) is 20.3 Å². The molecule has 0 radical (unpaired) electrons. The van der Waals surface area contributed by atoms with E-state index in [4.69, 9.17) is 14.2 Å². The molecule has 108 valence electrons. The zero-order valence-electron chi connectivity index (χ0n) is 11.6. The Morgan fingerprint density at radius 3 is 2.90 bits per heavy atom. The molecular weight excluding hydrogens is 258 g/mol. The Bertz CT molecular complexity index is 497. The molecule has 1 aromatic carbocycles. The minimum absolute atomic E-state index is 0.0856. The van der Waals surface area contributed by atoms with Crippen LogP contribution in [0.5, 0.6) is 11.5 Å². The SMILES string of the molecule is COc1ccc(C2CNC(=O)C2)cc1O[C@@H]1CCOC1. The highest BCUT2D eigenvalue weighted by Gasteiger charge is 2.25. The molecule has 1 N–H and O–H groups in total. The molecule has 2 aliphatic heterocycles. The summed E-state index contributed by atoms with van der Waals surface area (Å²) in [4.78, 5) is 11.3. The maximum absolute atomic E-state index is 11.3. The lowest BCUT2D eigenvalue weighted by Crippen LogP contribution is -2.16. The molecule has 1 aromatic rings. The fourth-order valence-electron chi connectivity index (χ4n) is 2.67. The van der Waals surface area contributed by atoms with Crippen LogP contribution >= 0.6 is 0 Å². The monoisotopic (exact) mass is 277 g/mol. The largest absolute Gasteiger partial charge is 0.493 e. The zero-order chi connectivity index (χ0) is 13.9. The van der Waals surface area contributed by atoms with Gasteiger partial charge in [-0.1, -0.05) is 6.07 Å². The van der Waals surface area contributed by atoms with Gasteiger partial charge in [0.15, 0.2) is 11.5 Å². The number of rotatable bonds is 4. The molecule has 0 spiro atoms. The first-order chi connectivity index (χ1) is 9.76. The highest BCUT2D eigenvalue weighted by atomic mass is 16.6. The van der Waals surface area contributed by atoms with Crippen molar-refractivity contribution in [1.29, 1.82) is 0 Å². The van der Waals surface area contributed by atoms with Gasteiger partial charge in [0.25, 0.3) is 0 Å². The van der Waals surface area contributed by atoms with Gasteiger partial charge in [-0.3, -0.25) is 4.79 Å². The van der Waals surface area contributed by atoms with Crippen molar-refractivity contribution in [3.05, 3.63) is 23.8 Å². The van der Waals surface area contributed by atoms with Gasteiger partial charge >= 0.3 is 0 Å². The maximum Gasteiger partial charge on any atom is 0.220 e. The third-order valence-electron chi connectivity index (χ3n) is 3.82. The molecule has 2 saturated heterocycles. The predicted molar refractivity (Wildman–Crippen MR) is 73.2 cm³/mol. The Labute approximate surface area is 118 Å². The van der Waals surface area contributed by atoms with Gasteiger partial charge in [-0.2, -0.15) is 0 Å². The number of hydrogen-bond acceptors (Lipinski definition) is 4. The molecule has 2 aliphatic rings. The van der Waals surface area contributed by atoms with Crippen LogP contribution in [0.15, 0.2) is 18.2 Å². The van der Waals surface area contributed by atoms with E-state index in [0.29, 0.717) is 19.6 Å². The maximum atomic E-state index is 11.3. The van der Waals surface area contributed by atoms with Crippen molar-refractivity contribution in [3.63, 3.8) is 0 Å². The molecule has 0 aromatic heterocycles. The number of amides is 1. The second kappa shape index (κ2) is 5.71. The summed E-state index contributed by atoms with van der Waals surface area (Å²) in [5, 5.41) is 2.86. The van der Waals surface area contributed by atoms with Gasteiger partial charge in [-0.15, -0.1) is 0 Å². The summed E-state index contributed by atoms with van der Waals surface area (Å²) in [6.07, 6.45) is 1.53. The molecule has 5 nitrogen and oxygen atoms in total. The summed E-state index contributed by atoms with van der Waals surface area (Å²) in [6.45, 7) is 2.06. The molecule has 5 heteroatoms. The number of benzene rings is 1. The van der Waals surface area contributed by atoms with Gasteiger partial charge < -0.3 is 19.5 Å². The van der Waals surface area contributed by atoms with Crippen molar-refractivity contribution < 1.29 is 19.0 Å². The molecule has 1 amide bonds. The molecule has 0 aliphatic carbocycles. The Morgan fingerprint density at radius 2 is 2.25 bits per heavy atom. The summed E-state index contributed by atoms with van der Waals surface area (Å²) in [6, 6.07) is 5.90. The van der Waals surface area contributed by atoms with E-state index in [-0.39, 0.29) is 17.9 Å². The van der Waals surface area contributed by atoms with E-state index >= 15 is 0 Å². The van der Waals surface area contributed by atoms with E-state index in [1.807, 2.05) is 18.2 Å². The van der Waals surface area contributed by atoms with Crippen LogP contribution in [0, 0.1) is 0 Å². The first kappa shape index (κ1) is 13.2. The van der Waals surface area contributed by atoms with E-state index in [1.165, 1.54) is 0 Å². The molecule has 2 heterocycles. The third kappa shape index (κ3) is 2.72. The Balaban J connectivity index is 1.80. The van der Waals surface area contributed by atoms with Crippen molar-refractivity contribution in [2.24, 2.45) is 0 Å². The lowest BCUT2D eigenvalue weighted by atomic mass is 9.98. The average Bonchev–Trinajstić information content (AvgIpc) is 3.10. The number of methoxy groups -OCH3 is 1. The van der Waals surface area contributed by atoms with Gasteiger partial charge in [0.2, 0.25) is 5.91 Å². The third-order valence-corrected chi connectivity index (χ3v) is 3.82. The molecule has 0 saturated carbocycles. The van der Waals surface area contributed by atoms with Crippen molar-refractivity contribution in [3.8, 4) is 11.5 Å². The van der Waals surface area contributed by atoms with Crippen LogP contribution in [-0.2, 0) is 9.53 Å². The Morgan fingerprint density at radius 1 is 1.35 bits per heavy atom. The van der Waals surface area contributed by atoms with Crippen molar-refractivity contribution in [2.45, 2.75) is 24.9 Å². The molecular formula is C15H19NO4.